The number of amides is 2. The second-order valence-corrected chi connectivity index (χ2v) is 7.78. The zero-order chi connectivity index (χ0) is 23.5. The predicted molar refractivity (Wildman–Crippen MR) is 118 cm³/mol. The Kier molecular flexibility index (Phi) is 6.71. The van der Waals surface area contributed by atoms with Gasteiger partial charge in [0, 0.05) is 38.8 Å². The molecule has 0 atom stereocenters. The molecule has 1 saturated heterocycles. The van der Waals surface area contributed by atoms with Gasteiger partial charge in [0.2, 0.25) is 0 Å². The maximum Gasteiger partial charge on any atom is 0.282 e. The number of rotatable bonds is 7. The van der Waals surface area contributed by atoms with Gasteiger partial charge < -0.3 is 14.7 Å². The van der Waals surface area contributed by atoms with E-state index in [1.54, 1.807) is 24.3 Å². The molecule has 0 spiro atoms. The van der Waals surface area contributed by atoms with Gasteiger partial charge in [-0.1, -0.05) is 12.1 Å². The topological polar surface area (TPSA) is 73.3 Å². The molecule has 0 aromatic heterocycles. The Bertz CT molecular complexity index is 1080. The maximum absolute atomic E-state index is 13.9. The van der Waals surface area contributed by atoms with E-state index in [4.69, 9.17) is 4.74 Å². The van der Waals surface area contributed by atoms with Crippen molar-refractivity contribution in [3.63, 3.8) is 0 Å². The van der Waals surface area contributed by atoms with E-state index in [0.717, 1.165) is 17.0 Å². The first-order valence-electron chi connectivity index (χ1n) is 10.8. The number of imide groups is 1. The zero-order valence-corrected chi connectivity index (χ0v) is 18.3. The lowest BCUT2D eigenvalue weighted by Gasteiger charge is -2.36. The van der Waals surface area contributed by atoms with Gasteiger partial charge in [0.1, 0.15) is 11.4 Å². The number of halogens is 2. The van der Waals surface area contributed by atoms with Gasteiger partial charge in [-0.25, -0.2) is 13.7 Å². The van der Waals surface area contributed by atoms with Crippen LogP contribution in [0.25, 0.3) is 5.57 Å². The van der Waals surface area contributed by atoms with Gasteiger partial charge in [-0.3, -0.25) is 14.5 Å². The highest BCUT2D eigenvalue weighted by molar-refractivity contribution is 6.45. The molecule has 2 aromatic carbocycles. The van der Waals surface area contributed by atoms with Gasteiger partial charge in [-0.15, -0.1) is 0 Å². The third-order valence-electron chi connectivity index (χ3n) is 5.78. The summed E-state index contributed by atoms with van der Waals surface area (Å²) >= 11 is 0. The van der Waals surface area contributed by atoms with Gasteiger partial charge in [0.25, 0.3) is 11.8 Å². The van der Waals surface area contributed by atoms with Crippen molar-refractivity contribution < 1.29 is 28.2 Å². The number of hydrogen-bond acceptors (Lipinski definition) is 6. The van der Waals surface area contributed by atoms with Crippen LogP contribution in [0, 0.1) is 11.6 Å². The summed E-state index contributed by atoms with van der Waals surface area (Å²) in [4.78, 5) is 31.8. The van der Waals surface area contributed by atoms with Crippen molar-refractivity contribution in [1.29, 1.82) is 0 Å². The van der Waals surface area contributed by atoms with Gasteiger partial charge in [-0.05, 0) is 36.8 Å². The fraction of sp³-hybridized carbons (Fsp3) is 0.333. The van der Waals surface area contributed by atoms with E-state index in [9.17, 15) is 23.5 Å². The van der Waals surface area contributed by atoms with E-state index >= 15 is 0 Å². The normalized spacial score (nSPS) is 17.3. The number of β-amino-alcohol motifs (C(OH)–C–C–N with tert-alkyl or cyclic N) is 1. The van der Waals surface area contributed by atoms with E-state index in [1.165, 1.54) is 6.07 Å². The summed E-state index contributed by atoms with van der Waals surface area (Å²) in [6.07, 6.45) is 0. The Hall–Kier alpha value is -3.30. The SMILES string of the molecule is CCOc1ccc(C2=C(N3CCN(CCO)CC3)C(=O)N(c3ccc(F)c(F)c3)C2=O)cc1. The van der Waals surface area contributed by atoms with Crippen LogP contribution in [0.1, 0.15) is 12.5 Å². The molecule has 0 aliphatic carbocycles. The monoisotopic (exact) mass is 457 g/mol. The standard InChI is InChI=1S/C24H25F2N3O4/c1-2-33-18-6-3-16(4-7-18)21-22(28-11-9-27(10-12-28)13-14-30)24(32)29(23(21)31)17-5-8-19(25)20(26)15-17/h3-8,15,30H,2,9-14H2,1H3. The minimum absolute atomic E-state index is 0.0266. The number of benzene rings is 2. The molecule has 0 saturated carbocycles. The molecule has 2 aliphatic heterocycles. The molecule has 2 aliphatic rings. The van der Waals surface area contributed by atoms with Crippen molar-refractivity contribution in [3.8, 4) is 5.75 Å². The van der Waals surface area contributed by atoms with Crippen molar-refractivity contribution in [3.05, 3.63) is 65.4 Å². The molecular formula is C24H25F2N3O4. The fourth-order valence-corrected chi connectivity index (χ4v) is 4.15. The Balaban J connectivity index is 1.73. The molecule has 9 heteroatoms. The molecule has 174 valence electrons. The van der Waals surface area contributed by atoms with Gasteiger partial charge in [0.05, 0.1) is 24.5 Å². The Morgan fingerprint density at radius 2 is 1.64 bits per heavy atom. The lowest BCUT2D eigenvalue weighted by molar-refractivity contribution is -0.120. The summed E-state index contributed by atoms with van der Waals surface area (Å²) in [7, 11) is 0. The molecule has 0 bridgehead atoms. The van der Waals surface area contributed by atoms with Crippen LogP contribution in [0.2, 0.25) is 0 Å². The number of aliphatic hydroxyl groups excluding tert-OH is 1. The quantitative estimate of drug-likeness (QED) is 0.643. The molecule has 0 unspecified atom stereocenters. The van der Waals surface area contributed by atoms with E-state index in [-0.39, 0.29) is 23.6 Å². The minimum atomic E-state index is -1.14. The molecule has 2 amide bonds. The first-order chi connectivity index (χ1) is 15.9. The summed E-state index contributed by atoms with van der Waals surface area (Å²) in [5.74, 6) is -2.73. The molecule has 7 nitrogen and oxygen atoms in total. The second-order valence-electron chi connectivity index (χ2n) is 7.78. The highest BCUT2D eigenvalue weighted by Gasteiger charge is 2.43. The van der Waals surface area contributed by atoms with Crippen LogP contribution >= 0.6 is 0 Å². The Labute approximate surface area is 190 Å². The molecule has 0 radical (unpaired) electrons. The van der Waals surface area contributed by atoms with Crippen LogP contribution in [0.3, 0.4) is 0 Å². The number of carbonyl (C=O) groups excluding carboxylic acids is 2. The predicted octanol–water partition coefficient (Wildman–Crippen LogP) is 2.26. The van der Waals surface area contributed by atoms with Crippen molar-refractivity contribution in [2.24, 2.45) is 0 Å². The average molecular weight is 457 g/mol. The number of anilines is 1. The van der Waals surface area contributed by atoms with Crippen LogP contribution in [-0.4, -0.2) is 72.7 Å². The summed E-state index contributed by atoms with van der Waals surface area (Å²) in [6, 6.07) is 9.83. The molecule has 2 heterocycles. The highest BCUT2D eigenvalue weighted by Crippen LogP contribution is 2.36. The third-order valence-corrected chi connectivity index (χ3v) is 5.78. The van der Waals surface area contributed by atoms with Crippen LogP contribution in [0.5, 0.6) is 5.75 Å². The number of piperazine rings is 1. The smallest absolute Gasteiger partial charge is 0.282 e. The average Bonchev–Trinajstić information content (AvgIpc) is 3.07. The first-order valence-corrected chi connectivity index (χ1v) is 10.8. The van der Waals surface area contributed by atoms with Crippen LogP contribution in [-0.2, 0) is 9.59 Å². The lowest BCUT2D eigenvalue weighted by atomic mass is 10.0. The van der Waals surface area contributed by atoms with Crippen LogP contribution in [0.4, 0.5) is 14.5 Å². The summed E-state index contributed by atoms with van der Waals surface area (Å²) in [6.45, 7) is 5.14. The van der Waals surface area contributed by atoms with E-state index in [1.807, 2.05) is 11.8 Å². The van der Waals surface area contributed by atoms with Crippen molar-refractivity contribution in [1.82, 2.24) is 9.80 Å². The number of hydrogen-bond donors (Lipinski definition) is 1. The van der Waals surface area contributed by atoms with Gasteiger partial charge in [0.15, 0.2) is 11.6 Å². The van der Waals surface area contributed by atoms with E-state index in [0.29, 0.717) is 50.6 Å². The molecule has 4 rings (SSSR count). The van der Waals surface area contributed by atoms with E-state index in [2.05, 4.69) is 4.90 Å². The number of aliphatic hydroxyl groups is 1. The van der Waals surface area contributed by atoms with Gasteiger partial charge >= 0.3 is 0 Å². The first kappa shape index (κ1) is 22.9. The van der Waals surface area contributed by atoms with Crippen LogP contribution < -0.4 is 9.64 Å². The zero-order valence-electron chi connectivity index (χ0n) is 18.3. The minimum Gasteiger partial charge on any atom is -0.494 e. The second kappa shape index (κ2) is 9.68. The number of carbonyl (C=O) groups is 2. The van der Waals surface area contributed by atoms with E-state index < -0.39 is 23.4 Å². The lowest BCUT2D eigenvalue weighted by Crippen LogP contribution is -2.48. The van der Waals surface area contributed by atoms with Gasteiger partial charge in [-0.2, -0.15) is 0 Å². The van der Waals surface area contributed by atoms with Crippen molar-refractivity contribution in [2.45, 2.75) is 6.92 Å². The fourth-order valence-electron chi connectivity index (χ4n) is 4.15. The number of ether oxygens (including phenoxy) is 1. The van der Waals surface area contributed by atoms with Crippen molar-refractivity contribution >= 4 is 23.1 Å². The molecular weight excluding hydrogens is 432 g/mol. The Morgan fingerprint density at radius 3 is 2.24 bits per heavy atom. The Morgan fingerprint density at radius 1 is 0.939 bits per heavy atom. The molecule has 33 heavy (non-hydrogen) atoms. The molecule has 2 aromatic rings. The van der Waals surface area contributed by atoms with Crippen LogP contribution in [0.15, 0.2) is 48.2 Å². The largest absolute Gasteiger partial charge is 0.494 e. The molecule has 1 fully saturated rings. The van der Waals surface area contributed by atoms with Crippen molar-refractivity contribution in [2.75, 3.05) is 50.8 Å². The molecule has 1 N–H and O–H groups in total. The number of nitrogens with zero attached hydrogens (tertiary/aromatic N) is 3. The third kappa shape index (κ3) is 4.46. The summed E-state index contributed by atoms with van der Waals surface area (Å²) in [5, 5.41) is 9.19. The summed E-state index contributed by atoms with van der Waals surface area (Å²) < 4.78 is 32.8. The maximum atomic E-state index is 13.9. The highest BCUT2D eigenvalue weighted by atomic mass is 19.2. The summed E-state index contributed by atoms with van der Waals surface area (Å²) in [5.41, 5.74) is 0.955.